The molecule has 1 aliphatic carbocycles. The summed E-state index contributed by atoms with van der Waals surface area (Å²) < 4.78 is 0. The van der Waals surface area contributed by atoms with E-state index in [1.54, 1.807) is 0 Å². The number of benzene rings is 1. The lowest BCUT2D eigenvalue weighted by molar-refractivity contribution is -0.119. The summed E-state index contributed by atoms with van der Waals surface area (Å²) in [6.45, 7) is 4.26. The van der Waals surface area contributed by atoms with E-state index < -0.39 is 0 Å². The zero-order valence-corrected chi connectivity index (χ0v) is 13.5. The minimum absolute atomic E-state index is 0.0739. The topological polar surface area (TPSA) is 44.4 Å². The third-order valence-corrected chi connectivity index (χ3v) is 3.89. The number of nitrogens with one attached hydrogen (secondary N) is 2. The molecule has 0 heterocycles. The lowest BCUT2D eigenvalue weighted by atomic mass is 10.2. The fourth-order valence-electron chi connectivity index (χ4n) is 2.12. The lowest BCUT2D eigenvalue weighted by Gasteiger charge is -2.20. The first kappa shape index (κ1) is 16.1. The predicted molar refractivity (Wildman–Crippen MR) is 87.9 cm³/mol. The van der Waals surface area contributed by atoms with Crippen molar-refractivity contribution in [3.05, 3.63) is 28.8 Å². The summed E-state index contributed by atoms with van der Waals surface area (Å²) in [5.41, 5.74) is 2.05. The van der Waals surface area contributed by atoms with Crippen LogP contribution in [0.15, 0.2) is 18.2 Å². The summed E-state index contributed by atoms with van der Waals surface area (Å²) in [5.74, 6) is 0.0739. The molecule has 4 nitrogen and oxygen atoms in total. The van der Waals surface area contributed by atoms with Gasteiger partial charge in [0.2, 0.25) is 5.91 Å². The Bertz CT molecular complexity index is 488. The third-order valence-electron chi connectivity index (χ3n) is 3.54. The van der Waals surface area contributed by atoms with Crippen LogP contribution in [0.3, 0.4) is 0 Å². The molecule has 1 fully saturated rings. The second-order valence-corrected chi connectivity index (χ2v) is 6.06. The van der Waals surface area contributed by atoms with Gasteiger partial charge in [-0.1, -0.05) is 24.6 Å². The maximum absolute atomic E-state index is 11.8. The van der Waals surface area contributed by atoms with Gasteiger partial charge in [-0.15, -0.1) is 0 Å². The summed E-state index contributed by atoms with van der Waals surface area (Å²) in [7, 11) is 1.91. The number of hydrogen-bond donors (Lipinski definition) is 2. The van der Waals surface area contributed by atoms with E-state index in [-0.39, 0.29) is 5.91 Å². The molecule has 0 bridgehead atoms. The maximum atomic E-state index is 11.8. The van der Waals surface area contributed by atoms with Gasteiger partial charge in [0, 0.05) is 30.3 Å². The van der Waals surface area contributed by atoms with Crippen molar-refractivity contribution in [1.82, 2.24) is 10.6 Å². The van der Waals surface area contributed by atoms with Gasteiger partial charge in [0.25, 0.3) is 0 Å². The molecule has 0 aliphatic heterocycles. The Kier molecular flexibility index (Phi) is 5.88. The van der Waals surface area contributed by atoms with Crippen molar-refractivity contribution < 1.29 is 4.79 Å². The zero-order valence-electron chi connectivity index (χ0n) is 12.8. The second kappa shape index (κ2) is 7.66. The van der Waals surface area contributed by atoms with E-state index in [0.29, 0.717) is 12.6 Å². The molecule has 1 amide bonds. The van der Waals surface area contributed by atoms with Crippen molar-refractivity contribution >= 4 is 23.2 Å². The van der Waals surface area contributed by atoms with E-state index in [9.17, 15) is 4.79 Å². The van der Waals surface area contributed by atoms with E-state index in [0.717, 1.165) is 48.6 Å². The Hall–Kier alpha value is -1.26. The van der Waals surface area contributed by atoms with Gasteiger partial charge in [0.05, 0.1) is 6.54 Å². The Morgan fingerprint density at radius 3 is 2.81 bits per heavy atom. The molecule has 0 spiro atoms. The quantitative estimate of drug-likeness (QED) is 0.725. The van der Waals surface area contributed by atoms with Crippen LogP contribution in [0.25, 0.3) is 0 Å². The van der Waals surface area contributed by atoms with Crippen LogP contribution in [0.1, 0.15) is 31.7 Å². The number of nitrogens with zero attached hydrogens (tertiary/aromatic N) is 1. The van der Waals surface area contributed by atoms with Gasteiger partial charge >= 0.3 is 0 Å². The summed E-state index contributed by atoms with van der Waals surface area (Å²) in [6, 6.07) is 6.37. The fourth-order valence-corrected chi connectivity index (χ4v) is 2.37. The molecule has 21 heavy (non-hydrogen) atoms. The number of halogens is 1. The highest BCUT2D eigenvalue weighted by molar-refractivity contribution is 6.31. The summed E-state index contributed by atoms with van der Waals surface area (Å²) >= 11 is 6.32. The van der Waals surface area contributed by atoms with Crippen molar-refractivity contribution in [2.45, 2.75) is 38.8 Å². The van der Waals surface area contributed by atoms with Crippen LogP contribution in [0.5, 0.6) is 0 Å². The molecule has 116 valence electrons. The molecule has 1 saturated carbocycles. The van der Waals surface area contributed by atoms with Crippen molar-refractivity contribution in [3.8, 4) is 0 Å². The van der Waals surface area contributed by atoms with Gasteiger partial charge in [0.15, 0.2) is 0 Å². The maximum Gasteiger partial charge on any atom is 0.239 e. The number of hydrogen-bond acceptors (Lipinski definition) is 3. The molecule has 0 saturated heterocycles. The molecule has 1 aliphatic rings. The molecule has 0 unspecified atom stereocenters. The molecular weight excluding hydrogens is 286 g/mol. The SMILES string of the molecule is CCCNCc1ccc(N(C)CC(=O)NC2CC2)cc1Cl. The Morgan fingerprint density at radius 1 is 1.43 bits per heavy atom. The van der Waals surface area contributed by atoms with Crippen LogP contribution in [0, 0.1) is 0 Å². The fraction of sp³-hybridized carbons (Fsp3) is 0.562. The zero-order chi connectivity index (χ0) is 15.2. The summed E-state index contributed by atoms with van der Waals surface area (Å²) in [5, 5.41) is 7.07. The summed E-state index contributed by atoms with van der Waals surface area (Å²) in [4.78, 5) is 13.7. The number of carbonyl (C=O) groups is 1. The standard InChI is InChI=1S/C16H24ClN3O/c1-3-8-18-10-12-4-7-14(9-15(12)17)20(2)11-16(21)19-13-5-6-13/h4,7,9,13,18H,3,5-6,8,10-11H2,1-2H3,(H,19,21). The molecule has 2 rings (SSSR count). The molecule has 0 atom stereocenters. The van der Waals surface area contributed by atoms with Crippen LogP contribution in [-0.2, 0) is 11.3 Å². The van der Waals surface area contributed by atoms with E-state index in [1.807, 2.05) is 30.1 Å². The first-order chi connectivity index (χ1) is 10.1. The van der Waals surface area contributed by atoms with Crippen molar-refractivity contribution in [2.75, 3.05) is 25.0 Å². The van der Waals surface area contributed by atoms with Crippen LogP contribution >= 0.6 is 11.6 Å². The highest BCUT2D eigenvalue weighted by atomic mass is 35.5. The van der Waals surface area contributed by atoms with Crippen molar-refractivity contribution in [3.63, 3.8) is 0 Å². The lowest BCUT2D eigenvalue weighted by Crippen LogP contribution is -2.36. The smallest absolute Gasteiger partial charge is 0.239 e. The molecule has 1 aromatic carbocycles. The molecule has 0 radical (unpaired) electrons. The van der Waals surface area contributed by atoms with Gasteiger partial charge in [0.1, 0.15) is 0 Å². The molecule has 2 N–H and O–H groups in total. The van der Waals surface area contributed by atoms with Gasteiger partial charge in [-0.2, -0.15) is 0 Å². The van der Waals surface area contributed by atoms with Crippen molar-refractivity contribution in [2.24, 2.45) is 0 Å². The van der Waals surface area contributed by atoms with Gasteiger partial charge in [-0.3, -0.25) is 4.79 Å². The number of amides is 1. The number of anilines is 1. The minimum atomic E-state index is 0.0739. The molecule has 1 aromatic rings. The highest BCUT2D eigenvalue weighted by Gasteiger charge is 2.23. The third kappa shape index (κ3) is 5.21. The Morgan fingerprint density at radius 2 is 2.19 bits per heavy atom. The van der Waals surface area contributed by atoms with Crippen LogP contribution in [0.4, 0.5) is 5.69 Å². The van der Waals surface area contributed by atoms with Crippen LogP contribution in [0.2, 0.25) is 5.02 Å². The molecule has 5 heteroatoms. The normalized spacial score (nSPS) is 14.0. The monoisotopic (exact) mass is 309 g/mol. The predicted octanol–water partition coefficient (Wildman–Crippen LogP) is 2.55. The average Bonchev–Trinajstić information content (AvgIpc) is 3.24. The van der Waals surface area contributed by atoms with Crippen LogP contribution in [-0.4, -0.2) is 32.1 Å². The van der Waals surface area contributed by atoms with Crippen molar-refractivity contribution in [1.29, 1.82) is 0 Å². The first-order valence-corrected chi connectivity index (χ1v) is 7.97. The van der Waals surface area contributed by atoms with Gasteiger partial charge < -0.3 is 15.5 Å². The van der Waals surface area contributed by atoms with E-state index in [4.69, 9.17) is 11.6 Å². The van der Waals surface area contributed by atoms with E-state index >= 15 is 0 Å². The average molecular weight is 310 g/mol. The van der Waals surface area contributed by atoms with E-state index in [1.165, 1.54) is 0 Å². The second-order valence-electron chi connectivity index (χ2n) is 5.65. The van der Waals surface area contributed by atoms with Crippen LogP contribution < -0.4 is 15.5 Å². The summed E-state index contributed by atoms with van der Waals surface area (Å²) in [6.07, 6.45) is 3.33. The highest BCUT2D eigenvalue weighted by Crippen LogP contribution is 2.23. The molecular formula is C16H24ClN3O. The number of rotatable bonds is 8. The Labute approximate surface area is 131 Å². The van der Waals surface area contributed by atoms with E-state index in [2.05, 4.69) is 17.6 Å². The first-order valence-electron chi connectivity index (χ1n) is 7.59. The largest absolute Gasteiger partial charge is 0.365 e. The van der Waals surface area contributed by atoms with Gasteiger partial charge in [-0.05, 0) is 43.5 Å². The number of carbonyl (C=O) groups excluding carboxylic acids is 1. The molecule has 0 aromatic heterocycles. The Balaban J connectivity index is 1.89. The minimum Gasteiger partial charge on any atom is -0.365 e. The number of likely N-dealkylation sites (N-methyl/N-ethyl adjacent to an activating group) is 1. The van der Waals surface area contributed by atoms with Gasteiger partial charge in [-0.25, -0.2) is 0 Å².